The Labute approximate surface area is 207 Å². The molecule has 8 nitrogen and oxygen atoms in total. The summed E-state index contributed by atoms with van der Waals surface area (Å²) in [6, 6.07) is 10.3. The normalized spacial score (nSPS) is 17.8. The predicted octanol–water partition coefficient (Wildman–Crippen LogP) is 5.73. The number of hydrogen-bond donors (Lipinski definition) is 1. The van der Waals surface area contributed by atoms with Crippen molar-refractivity contribution < 1.29 is 8.78 Å². The number of halogens is 2. The number of nitrogens with one attached hydrogen (secondary N) is 1. The number of aromatic nitrogens is 7. The van der Waals surface area contributed by atoms with E-state index in [0.717, 1.165) is 37.3 Å². The average Bonchev–Trinajstić information content (AvgIpc) is 3.57. The fourth-order valence-corrected chi connectivity index (χ4v) is 6.31. The summed E-state index contributed by atoms with van der Waals surface area (Å²) in [5.41, 5.74) is 5.06. The van der Waals surface area contributed by atoms with Gasteiger partial charge in [0.05, 0.1) is 23.3 Å². The van der Waals surface area contributed by atoms with Crippen molar-refractivity contribution in [3.05, 3.63) is 65.7 Å². The number of thiophene rings is 1. The minimum absolute atomic E-state index is 0.229. The zero-order valence-corrected chi connectivity index (χ0v) is 20.2. The second kappa shape index (κ2) is 7.76. The molecule has 0 radical (unpaired) electrons. The lowest BCUT2D eigenvalue weighted by Gasteiger charge is -2.32. The van der Waals surface area contributed by atoms with Crippen LogP contribution in [0.5, 0.6) is 0 Å². The van der Waals surface area contributed by atoms with E-state index in [2.05, 4.69) is 32.4 Å². The van der Waals surface area contributed by atoms with E-state index in [-0.39, 0.29) is 12.5 Å². The third-order valence-corrected chi connectivity index (χ3v) is 7.79. The summed E-state index contributed by atoms with van der Waals surface area (Å²) in [7, 11) is 0. The van der Waals surface area contributed by atoms with E-state index in [1.165, 1.54) is 16.0 Å². The molecule has 1 N–H and O–H groups in total. The molecule has 0 aliphatic carbocycles. The number of rotatable bonds is 3. The van der Waals surface area contributed by atoms with Crippen LogP contribution in [0, 0.1) is 13.8 Å². The molecular weight excluding hydrogens is 482 g/mol. The highest BCUT2D eigenvalue weighted by atomic mass is 32.1. The zero-order chi connectivity index (χ0) is 24.6. The van der Waals surface area contributed by atoms with Crippen molar-refractivity contribution in [2.24, 2.45) is 0 Å². The summed E-state index contributed by atoms with van der Waals surface area (Å²) in [5.74, 6) is 0.892. The van der Waals surface area contributed by atoms with Gasteiger partial charge in [-0.2, -0.15) is 5.10 Å². The van der Waals surface area contributed by atoms with Gasteiger partial charge < -0.3 is 5.32 Å². The van der Waals surface area contributed by atoms with Crippen LogP contribution in [0.15, 0.2) is 48.9 Å². The van der Waals surface area contributed by atoms with Crippen LogP contribution in [0.3, 0.4) is 0 Å². The Balaban J connectivity index is 1.39. The zero-order valence-electron chi connectivity index (χ0n) is 19.4. The van der Waals surface area contributed by atoms with Crippen molar-refractivity contribution in [1.82, 2.24) is 34.3 Å². The van der Waals surface area contributed by atoms with E-state index in [0.29, 0.717) is 22.9 Å². The Bertz CT molecular complexity index is 1770. The molecule has 0 fully saturated rings. The molecule has 180 valence electrons. The van der Waals surface area contributed by atoms with Gasteiger partial charge in [0.15, 0.2) is 11.5 Å². The highest BCUT2D eigenvalue weighted by molar-refractivity contribution is 7.26. The first-order valence-electron chi connectivity index (χ1n) is 11.6. The number of benzene rings is 1. The summed E-state index contributed by atoms with van der Waals surface area (Å²) >= 11 is 1.53. The molecule has 0 saturated carbocycles. The molecule has 0 saturated heterocycles. The number of aryl methyl sites for hydroxylation is 2. The molecule has 36 heavy (non-hydrogen) atoms. The number of hydrogen-bond acceptors (Lipinski definition) is 7. The number of alkyl halides is 2. The van der Waals surface area contributed by atoms with E-state index in [1.54, 1.807) is 17.0 Å². The van der Waals surface area contributed by atoms with Crippen LogP contribution >= 0.6 is 11.3 Å². The molecule has 5 aromatic heterocycles. The third kappa shape index (κ3) is 3.12. The van der Waals surface area contributed by atoms with Crippen molar-refractivity contribution >= 4 is 43.2 Å². The summed E-state index contributed by atoms with van der Waals surface area (Å²) in [4.78, 5) is 15.1. The van der Waals surface area contributed by atoms with Gasteiger partial charge in [-0.1, -0.05) is 30.3 Å². The van der Waals surface area contributed by atoms with E-state index >= 15 is 0 Å². The Hall–Kier alpha value is -3.99. The van der Waals surface area contributed by atoms with Crippen molar-refractivity contribution in [3.8, 4) is 11.4 Å². The van der Waals surface area contributed by atoms with E-state index in [1.807, 2.05) is 43.3 Å². The Morgan fingerprint density at radius 3 is 2.78 bits per heavy atom. The van der Waals surface area contributed by atoms with Crippen molar-refractivity contribution in [2.75, 3.05) is 5.32 Å². The first kappa shape index (κ1) is 21.3. The van der Waals surface area contributed by atoms with Crippen LogP contribution < -0.4 is 5.32 Å². The second-order valence-corrected chi connectivity index (χ2v) is 10.1. The Kier molecular flexibility index (Phi) is 4.59. The predicted molar refractivity (Wildman–Crippen MR) is 135 cm³/mol. The molecule has 6 heterocycles. The fourth-order valence-electron chi connectivity index (χ4n) is 5.08. The van der Waals surface area contributed by atoms with Gasteiger partial charge in [-0.25, -0.2) is 32.9 Å². The molecule has 6 aromatic rings. The van der Waals surface area contributed by atoms with Crippen molar-refractivity contribution in [2.45, 2.75) is 38.8 Å². The largest absolute Gasteiger partial charge is 0.363 e. The van der Waals surface area contributed by atoms with Crippen LogP contribution in [0.1, 0.15) is 35.3 Å². The minimum Gasteiger partial charge on any atom is -0.363 e. The molecule has 2 atom stereocenters. The maximum Gasteiger partial charge on any atom is 0.260 e. The van der Waals surface area contributed by atoms with Crippen LogP contribution in [0.2, 0.25) is 0 Å². The van der Waals surface area contributed by atoms with Gasteiger partial charge in [0.25, 0.3) is 6.43 Å². The molecular formula is C25H20F2N8S. The van der Waals surface area contributed by atoms with Gasteiger partial charge in [0.2, 0.25) is 0 Å². The van der Waals surface area contributed by atoms with Crippen molar-refractivity contribution in [1.29, 1.82) is 0 Å². The first-order chi connectivity index (χ1) is 17.5. The molecule has 0 bridgehead atoms. The lowest BCUT2D eigenvalue weighted by atomic mass is 9.97. The van der Waals surface area contributed by atoms with Crippen LogP contribution in [0.4, 0.5) is 14.6 Å². The van der Waals surface area contributed by atoms with Crippen molar-refractivity contribution in [3.63, 3.8) is 0 Å². The minimum atomic E-state index is -2.56. The molecule has 1 aromatic carbocycles. The van der Waals surface area contributed by atoms with Gasteiger partial charge in [-0.3, -0.25) is 0 Å². The average molecular weight is 503 g/mol. The summed E-state index contributed by atoms with van der Waals surface area (Å²) in [5, 5.41) is 13.4. The summed E-state index contributed by atoms with van der Waals surface area (Å²) in [6.45, 7) is 4.03. The number of pyridine rings is 1. The monoisotopic (exact) mass is 502 g/mol. The molecule has 0 amide bonds. The summed E-state index contributed by atoms with van der Waals surface area (Å²) < 4.78 is 32.0. The smallest absolute Gasteiger partial charge is 0.260 e. The van der Waals surface area contributed by atoms with Gasteiger partial charge in [-0.05, 0) is 37.5 Å². The van der Waals surface area contributed by atoms with Gasteiger partial charge in [-0.15, -0.1) is 16.4 Å². The van der Waals surface area contributed by atoms with E-state index in [9.17, 15) is 8.78 Å². The number of anilines is 1. The van der Waals surface area contributed by atoms with Crippen LogP contribution in [0.25, 0.3) is 37.5 Å². The number of nitrogens with zero attached hydrogens (tertiary/aromatic N) is 7. The Morgan fingerprint density at radius 2 is 1.97 bits per heavy atom. The maximum atomic E-state index is 14.1. The molecule has 0 spiro atoms. The quantitative estimate of drug-likeness (QED) is 0.333. The standard InChI is InChI=1S/C25H20F2N8S/c1-12-8-13(2)30-25-18(12)19-20(36-25)24-32-22(33-34(24)11-28-19)15-10-29-35-17(21(26)27)9-16(31-23(15)35)14-6-4-3-5-7-14/h3-8,10-11,16-17,21,31H,9H2,1-2H3. The maximum absolute atomic E-state index is 14.1. The number of fused-ring (bicyclic) bond motifs is 6. The first-order valence-corrected chi connectivity index (χ1v) is 12.4. The lowest BCUT2D eigenvalue weighted by molar-refractivity contribution is 0.0659. The van der Waals surface area contributed by atoms with Crippen LogP contribution in [-0.4, -0.2) is 40.8 Å². The Morgan fingerprint density at radius 1 is 1.14 bits per heavy atom. The van der Waals surface area contributed by atoms with Crippen LogP contribution in [-0.2, 0) is 0 Å². The lowest BCUT2D eigenvalue weighted by Crippen LogP contribution is -2.31. The van der Waals surface area contributed by atoms with Gasteiger partial charge >= 0.3 is 0 Å². The van der Waals surface area contributed by atoms with E-state index < -0.39 is 12.5 Å². The highest BCUT2D eigenvalue weighted by Gasteiger charge is 2.36. The SMILES string of the molecule is Cc1cc(C)c2c(n1)sc1c2ncn2nc(-c3cnn4c3NC(c3ccccc3)CC4C(F)F)nc12. The fraction of sp³-hybridized carbons (Fsp3) is 0.240. The molecule has 1 aliphatic heterocycles. The highest BCUT2D eigenvalue weighted by Crippen LogP contribution is 2.42. The third-order valence-electron chi connectivity index (χ3n) is 6.72. The van der Waals surface area contributed by atoms with Gasteiger partial charge in [0.1, 0.15) is 27.7 Å². The molecule has 2 unspecified atom stereocenters. The topological polar surface area (TPSA) is 85.8 Å². The molecule has 1 aliphatic rings. The van der Waals surface area contributed by atoms with E-state index in [4.69, 9.17) is 4.98 Å². The van der Waals surface area contributed by atoms with Gasteiger partial charge in [0, 0.05) is 11.1 Å². The summed E-state index contributed by atoms with van der Waals surface area (Å²) in [6.07, 6.45) is 0.870. The molecule has 7 rings (SSSR count). The second-order valence-electron chi connectivity index (χ2n) is 9.09. The molecule has 11 heteroatoms.